The quantitative estimate of drug-likeness (QED) is 0.718. The molecule has 32 heavy (non-hydrogen) atoms. The van der Waals surface area contributed by atoms with Gasteiger partial charge in [-0.05, 0) is 43.2 Å². The van der Waals surface area contributed by atoms with Crippen molar-refractivity contribution in [3.8, 4) is 0 Å². The molecule has 1 aromatic carbocycles. The smallest absolute Gasteiger partial charge is 0.223 e. The largest absolute Gasteiger partial charge is 0.381 e. The van der Waals surface area contributed by atoms with Crippen LogP contribution in [0.25, 0.3) is 0 Å². The first kappa shape index (κ1) is 22.9. The normalized spacial score (nSPS) is 18.9. The summed E-state index contributed by atoms with van der Waals surface area (Å²) in [5.41, 5.74) is 2.76. The Morgan fingerprint density at radius 1 is 1.06 bits per heavy atom. The molecule has 2 aromatic rings. The number of hydrogen-bond acceptors (Lipinski definition) is 5. The molecular formula is C25H37N5O2. The van der Waals surface area contributed by atoms with Crippen molar-refractivity contribution < 1.29 is 9.53 Å². The van der Waals surface area contributed by atoms with Crippen LogP contribution >= 0.6 is 0 Å². The number of benzene rings is 1. The number of rotatable bonds is 7. The fourth-order valence-corrected chi connectivity index (χ4v) is 4.73. The van der Waals surface area contributed by atoms with E-state index in [1.807, 2.05) is 6.92 Å². The first-order valence-electron chi connectivity index (χ1n) is 12.1. The average molecular weight is 440 g/mol. The van der Waals surface area contributed by atoms with E-state index in [1.165, 1.54) is 11.1 Å². The zero-order valence-electron chi connectivity index (χ0n) is 19.7. The predicted molar refractivity (Wildman–Crippen MR) is 124 cm³/mol. The van der Waals surface area contributed by atoms with Gasteiger partial charge in [-0.2, -0.15) is 0 Å². The molecule has 1 atom stereocenters. The predicted octanol–water partition coefficient (Wildman–Crippen LogP) is 3.14. The topological polar surface area (TPSA) is 72.3 Å². The van der Waals surface area contributed by atoms with Gasteiger partial charge < -0.3 is 14.6 Å². The lowest BCUT2D eigenvalue weighted by molar-refractivity contribution is -0.128. The number of carbonyl (C=O) groups is 1. The van der Waals surface area contributed by atoms with Gasteiger partial charge in [0.1, 0.15) is 5.82 Å². The van der Waals surface area contributed by atoms with Crippen LogP contribution < -0.4 is 5.32 Å². The molecule has 1 fully saturated rings. The van der Waals surface area contributed by atoms with E-state index in [-0.39, 0.29) is 17.9 Å². The van der Waals surface area contributed by atoms with Gasteiger partial charge in [-0.1, -0.05) is 38.1 Å². The molecule has 1 saturated heterocycles. The number of fused-ring (bicyclic) bond motifs is 1. The fourth-order valence-electron chi connectivity index (χ4n) is 4.73. The summed E-state index contributed by atoms with van der Waals surface area (Å²) in [4.78, 5) is 15.1. The SMILES string of the molecule is CC(C)Cc1ccc(CN2CCc3nnc([C@H](C)NC(=O)C4CCOCC4)n3CC2)cc1. The van der Waals surface area contributed by atoms with Crippen molar-refractivity contribution in [2.75, 3.05) is 26.3 Å². The number of ether oxygens (including phenoxy) is 1. The highest BCUT2D eigenvalue weighted by molar-refractivity contribution is 5.79. The van der Waals surface area contributed by atoms with Crippen LogP contribution in [0.5, 0.6) is 0 Å². The van der Waals surface area contributed by atoms with Gasteiger partial charge >= 0.3 is 0 Å². The van der Waals surface area contributed by atoms with E-state index in [0.29, 0.717) is 19.1 Å². The molecule has 7 heteroatoms. The van der Waals surface area contributed by atoms with Crippen molar-refractivity contribution in [2.45, 2.75) is 65.6 Å². The molecule has 2 aliphatic heterocycles. The number of hydrogen-bond donors (Lipinski definition) is 1. The summed E-state index contributed by atoms with van der Waals surface area (Å²) in [5, 5.41) is 12.0. The van der Waals surface area contributed by atoms with Crippen LogP contribution in [-0.2, 0) is 35.5 Å². The maximum Gasteiger partial charge on any atom is 0.223 e. The third-order valence-electron chi connectivity index (χ3n) is 6.56. The van der Waals surface area contributed by atoms with Crippen molar-refractivity contribution in [1.29, 1.82) is 0 Å². The summed E-state index contributed by atoms with van der Waals surface area (Å²) < 4.78 is 7.59. The van der Waals surface area contributed by atoms with Crippen molar-refractivity contribution in [3.63, 3.8) is 0 Å². The molecule has 0 radical (unpaired) electrons. The van der Waals surface area contributed by atoms with Gasteiger partial charge in [0, 0.05) is 51.7 Å². The summed E-state index contributed by atoms with van der Waals surface area (Å²) >= 11 is 0. The minimum Gasteiger partial charge on any atom is -0.381 e. The Balaban J connectivity index is 1.34. The molecule has 3 heterocycles. The highest BCUT2D eigenvalue weighted by Gasteiger charge is 2.26. The number of nitrogens with one attached hydrogen (secondary N) is 1. The average Bonchev–Trinajstić information content (AvgIpc) is 3.10. The van der Waals surface area contributed by atoms with E-state index in [1.54, 1.807) is 0 Å². The van der Waals surface area contributed by atoms with Gasteiger partial charge in [0.25, 0.3) is 0 Å². The summed E-state index contributed by atoms with van der Waals surface area (Å²) in [5.74, 6) is 2.71. The number of nitrogens with zero attached hydrogens (tertiary/aromatic N) is 4. The van der Waals surface area contributed by atoms with Crippen LogP contribution in [0.4, 0.5) is 0 Å². The fraction of sp³-hybridized carbons (Fsp3) is 0.640. The zero-order chi connectivity index (χ0) is 22.5. The van der Waals surface area contributed by atoms with Gasteiger partial charge in [0.05, 0.1) is 6.04 Å². The number of carbonyl (C=O) groups excluding carboxylic acids is 1. The Kier molecular flexibility index (Phi) is 7.58. The molecule has 0 spiro atoms. The van der Waals surface area contributed by atoms with Gasteiger partial charge in [0.15, 0.2) is 5.82 Å². The van der Waals surface area contributed by atoms with Crippen molar-refractivity contribution in [3.05, 3.63) is 47.0 Å². The van der Waals surface area contributed by atoms with Crippen LogP contribution in [0, 0.1) is 11.8 Å². The van der Waals surface area contributed by atoms with E-state index < -0.39 is 0 Å². The van der Waals surface area contributed by atoms with Gasteiger partial charge in [0.2, 0.25) is 5.91 Å². The van der Waals surface area contributed by atoms with E-state index in [4.69, 9.17) is 4.74 Å². The Hall–Kier alpha value is -2.25. The second-order valence-corrected chi connectivity index (χ2v) is 9.68. The van der Waals surface area contributed by atoms with Crippen molar-refractivity contribution in [2.24, 2.45) is 11.8 Å². The molecule has 0 saturated carbocycles. The lowest BCUT2D eigenvalue weighted by atomic mass is 9.99. The van der Waals surface area contributed by atoms with Crippen LogP contribution in [0.15, 0.2) is 24.3 Å². The summed E-state index contributed by atoms with van der Waals surface area (Å²) in [7, 11) is 0. The molecule has 174 valence electrons. The summed E-state index contributed by atoms with van der Waals surface area (Å²) in [6.45, 7) is 11.6. The molecule has 7 nitrogen and oxygen atoms in total. The zero-order valence-corrected chi connectivity index (χ0v) is 19.7. The van der Waals surface area contributed by atoms with Crippen LogP contribution in [0.2, 0.25) is 0 Å². The summed E-state index contributed by atoms with van der Waals surface area (Å²) in [6.07, 6.45) is 3.59. The van der Waals surface area contributed by atoms with Crippen molar-refractivity contribution >= 4 is 5.91 Å². The van der Waals surface area contributed by atoms with Crippen molar-refractivity contribution in [1.82, 2.24) is 25.0 Å². The first-order chi connectivity index (χ1) is 15.5. The monoisotopic (exact) mass is 439 g/mol. The van der Waals surface area contributed by atoms with Crippen LogP contribution in [0.1, 0.15) is 62.4 Å². The van der Waals surface area contributed by atoms with Gasteiger partial charge in [-0.15, -0.1) is 10.2 Å². The number of aromatic nitrogens is 3. The first-order valence-corrected chi connectivity index (χ1v) is 12.1. The molecule has 0 unspecified atom stereocenters. The lowest BCUT2D eigenvalue weighted by Gasteiger charge is -2.23. The molecule has 1 aromatic heterocycles. The maximum absolute atomic E-state index is 12.6. The Labute approximate surface area is 191 Å². The molecular weight excluding hydrogens is 402 g/mol. The van der Waals surface area contributed by atoms with E-state index in [0.717, 1.165) is 63.5 Å². The molecule has 1 amide bonds. The third-order valence-corrected chi connectivity index (χ3v) is 6.56. The number of amides is 1. The molecule has 2 aliphatic rings. The third kappa shape index (κ3) is 5.75. The second kappa shape index (κ2) is 10.6. The van der Waals surface area contributed by atoms with E-state index in [2.05, 4.69) is 63.1 Å². The molecule has 4 rings (SSSR count). The Bertz CT molecular complexity index is 886. The molecule has 0 aliphatic carbocycles. The Morgan fingerprint density at radius 3 is 2.50 bits per heavy atom. The minimum atomic E-state index is -0.147. The van der Waals surface area contributed by atoms with Gasteiger partial charge in [-0.3, -0.25) is 9.69 Å². The standard InChI is InChI=1S/C25H37N5O2/c1-18(2)16-20-4-6-21(7-5-20)17-29-11-8-23-27-28-24(30(23)13-12-29)19(3)26-25(31)22-9-14-32-15-10-22/h4-7,18-19,22H,8-17H2,1-3H3,(H,26,31)/t19-/m0/s1. The van der Waals surface area contributed by atoms with E-state index >= 15 is 0 Å². The Morgan fingerprint density at radius 2 is 1.78 bits per heavy atom. The van der Waals surface area contributed by atoms with Gasteiger partial charge in [-0.25, -0.2) is 0 Å². The second-order valence-electron chi connectivity index (χ2n) is 9.68. The van der Waals surface area contributed by atoms with Crippen LogP contribution in [0.3, 0.4) is 0 Å². The maximum atomic E-state index is 12.6. The minimum absolute atomic E-state index is 0.0418. The lowest BCUT2D eigenvalue weighted by Crippen LogP contribution is -2.36. The molecule has 1 N–H and O–H groups in total. The highest BCUT2D eigenvalue weighted by Crippen LogP contribution is 2.20. The summed E-state index contributed by atoms with van der Waals surface area (Å²) in [6, 6.07) is 8.92. The van der Waals surface area contributed by atoms with Crippen LogP contribution in [-0.4, -0.2) is 51.9 Å². The molecule has 0 bridgehead atoms. The highest BCUT2D eigenvalue weighted by atomic mass is 16.5. The van der Waals surface area contributed by atoms with E-state index in [9.17, 15) is 4.79 Å².